The second-order valence-corrected chi connectivity index (χ2v) is 3.59. The zero-order valence-electron chi connectivity index (χ0n) is 9.14. The normalized spacial score (nSPS) is 15.9. The van der Waals surface area contributed by atoms with Gasteiger partial charge in [-0.3, -0.25) is 9.79 Å². The Bertz CT molecular complexity index is 461. The first-order valence-electron chi connectivity index (χ1n) is 5.16. The molecule has 0 atom stereocenters. The Hall–Kier alpha value is -1.90. The average molecular weight is 215 g/mol. The minimum absolute atomic E-state index is 0.0956. The van der Waals surface area contributed by atoms with Crippen LogP contribution in [-0.2, 0) is 16.0 Å². The summed E-state index contributed by atoms with van der Waals surface area (Å²) in [5.41, 5.74) is 3.39. The number of hydrogen-bond donors (Lipinski definition) is 0. The number of allylic oxidation sites excluding steroid dienone is 1. The summed E-state index contributed by atoms with van der Waals surface area (Å²) < 4.78 is 4.54. The van der Waals surface area contributed by atoms with E-state index in [4.69, 9.17) is 0 Å². The third-order valence-corrected chi connectivity index (χ3v) is 2.52. The molecule has 0 unspecified atom stereocenters. The maximum Gasteiger partial charge on any atom is 0.327 e. The molecule has 1 aliphatic carbocycles. The summed E-state index contributed by atoms with van der Waals surface area (Å²) in [6.45, 7) is 0.0956. The Morgan fingerprint density at radius 2 is 2.19 bits per heavy atom. The van der Waals surface area contributed by atoms with Crippen LogP contribution >= 0.6 is 0 Å². The van der Waals surface area contributed by atoms with Crippen LogP contribution < -0.4 is 0 Å². The number of rotatable bonds is 2. The lowest BCUT2D eigenvalue weighted by Gasteiger charge is -2.11. The average Bonchev–Trinajstić information content (AvgIpc) is 2.35. The Morgan fingerprint density at radius 1 is 1.38 bits per heavy atom. The molecule has 0 heterocycles. The van der Waals surface area contributed by atoms with Gasteiger partial charge in [0.15, 0.2) is 0 Å². The van der Waals surface area contributed by atoms with Crippen LogP contribution in [0.2, 0.25) is 0 Å². The summed E-state index contributed by atoms with van der Waals surface area (Å²) in [4.78, 5) is 15.2. The molecule has 0 saturated heterocycles. The fourth-order valence-corrected chi connectivity index (χ4v) is 1.64. The Kier molecular flexibility index (Phi) is 3.15. The van der Waals surface area contributed by atoms with Gasteiger partial charge in [0.05, 0.1) is 7.11 Å². The van der Waals surface area contributed by atoms with Crippen LogP contribution in [0.1, 0.15) is 11.1 Å². The van der Waals surface area contributed by atoms with Gasteiger partial charge in [-0.15, -0.1) is 0 Å². The molecule has 16 heavy (non-hydrogen) atoms. The summed E-state index contributed by atoms with van der Waals surface area (Å²) in [5.74, 6) is -0.306. The number of carbonyl (C=O) groups is 1. The van der Waals surface area contributed by atoms with Gasteiger partial charge in [0, 0.05) is 12.1 Å². The highest BCUT2D eigenvalue weighted by molar-refractivity contribution is 6.03. The molecule has 0 bridgehead atoms. The smallest absolute Gasteiger partial charge is 0.327 e. The standard InChI is InChI=1S/C13H13NO2/c1-16-13(15)9-14-12-7-6-10-4-2-3-5-11(10)8-12/h2-7H,8-9H2,1H3. The van der Waals surface area contributed by atoms with E-state index in [1.807, 2.05) is 24.3 Å². The first-order valence-corrected chi connectivity index (χ1v) is 5.16. The molecule has 2 rings (SSSR count). The van der Waals surface area contributed by atoms with E-state index < -0.39 is 0 Å². The Morgan fingerprint density at radius 3 is 3.00 bits per heavy atom. The minimum Gasteiger partial charge on any atom is -0.468 e. The number of hydrogen-bond acceptors (Lipinski definition) is 3. The fraction of sp³-hybridized carbons (Fsp3) is 0.231. The van der Waals surface area contributed by atoms with Crippen LogP contribution in [0.5, 0.6) is 0 Å². The molecule has 0 radical (unpaired) electrons. The largest absolute Gasteiger partial charge is 0.468 e. The molecule has 1 aromatic carbocycles. The first kappa shape index (κ1) is 10.6. The van der Waals surface area contributed by atoms with Crippen molar-refractivity contribution in [3.8, 4) is 0 Å². The van der Waals surface area contributed by atoms with Gasteiger partial charge in [0.2, 0.25) is 0 Å². The topological polar surface area (TPSA) is 38.7 Å². The third-order valence-electron chi connectivity index (χ3n) is 2.52. The molecule has 0 aliphatic heterocycles. The predicted molar refractivity (Wildman–Crippen MR) is 63.5 cm³/mol. The van der Waals surface area contributed by atoms with Crippen molar-refractivity contribution in [1.29, 1.82) is 0 Å². The van der Waals surface area contributed by atoms with Crippen LogP contribution in [0.4, 0.5) is 0 Å². The van der Waals surface area contributed by atoms with Crippen LogP contribution in [0, 0.1) is 0 Å². The summed E-state index contributed by atoms with van der Waals surface area (Å²) in [6.07, 6.45) is 4.75. The maximum absolute atomic E-state index is 10.9. The van der Waals surface area contributed by atoms with E-state index in [1.54, 1.807) is 0 Å². The van der Waals surface area contributed by atoms with Gasteiger partial charge < -0.3 is 4.74 Å². The number of benzene rings is 1. The van der Waals surface area contributed by atoms with Gasteiger partial charge in [-0.25, -0.2) is 0 Å². The highest BCUT2D eigenvalue weighted by atomic mass is 16.5. The SMILES string of the molecule is COC(=O)CN=C1C=Cc2ccccc2C1. The van der Waals surface area contributed by atoms with E-state index in [0.29, 0.717) is 0 Å². The quantitative estimate of drug-likeness (QED) is 0.706. The van der Waals surface area contributed by atoms with Crippen molar-refractivity contribution in [2.45, 2.75) is 6.42 Å². The van der Waals surface area contributed by atoms with E-state index >= 15 is 0 Å². The monoisotopic (exact) mass is 215 g/mol. The lowest BCUT2D eigenvalue weighted by atomic mass is 9.96. The molecule has 0 N–H and O–H groups in total. The lowest BCUT2D eigenvalue weighted by Crippen LogP contribution is -2.10. The van der Waals surface area contributed by atoms with Crippen molar-refractivity contribution in [1.82, 2.24) is 0 Å². The van der Waals surface area contributed by atoms with Crippen LogP contribution in [-0.4, -0.2) is 25.3 Å². The number of nitrogens with zero attached hydrogens (tertiary/aromatic N) is 1. The van der Waals surface area contributed by atoms with Crippen LogP contribution in [0.15, 0.2) is 35.3 Å². The number of esters is 1. The van der Waals surface area contributed by atoms with Crippen molar-refractivity contribution in [3.63, 3.8) is 0 Å². The van der Waals surface area contributed by atoms with Crippen LogP contribution in [0.25, 0.3) is 6.08 Å². The molecular weight excluding hydrogens is 202 g/mol. The molecule has 0 amide bonds. The van der Waals surface area contributed by atoms with E-state index in [0.717, 1.165) is 12.1 Å². The van der Waals surface area contributed by atoms with Gasteiger partial charge in [-0.1, -0.05) is 30.3 Å². The first-order chi connectivity index (χ1) is 7.79. The molecule has 1 aliphatic rings. The molecule has 3 nitrogen and oxygen atoms in total. The van der Waals surface area contributed by atoms with E-state index in [-0.39, 0.29) is 12.5 Å². The molecular formula is C13H13NO2. The molecule has 0 spiro atoms. The van der Waals surface area contributed by atoms with Crippen molar-refractivity contribution < 1.29 is 9.53 Å². The third kappa shape index (κ3) is 2.37. The molecule has 3 heteroatoms. The van der Waals surface area contributed by atoms with Gasteiger partial charge in [-0.2, -0.15) is 0 Å². The number of methoxy groups -OCH3 is 1. The maximum atomic E-state index is 10.9. The van der Waals surface area contributed by atoms with Gasteiger partial charge in [0.25, 0.3) is 0 Å². The summed E-state index contributed by atoms with van der Waals surface area (Å²) >= 11 is 0. The zero-order valence-corrected chi connectivity index (χ0v) is 9.14. The number of fused-ring (bicyclic) bond motifs is 1. The highest BCUT2D eigenvalue weighted by Crippen LogP contribution is 2.17. The minimum atomic E-state index is -0.306. The summed E-state index contributed by atoms with van der Waals surface area (Å²) in [5, 5.41) is 0. The Balaban J connectivity index is 2.11. The summed E-state index contributed by atoms with van der Waals surface area (Å²) in [7, 11) is 1.37. The molecule has 0 fully saturated rings. The molecule has 0 aromatic heterocycles. The molecule has 0 saturated carbocycles. The highest BCUT2D eigenvalue weighted by Gasteiger charge is 2.08. The van der Waals surface area contributed by atoms with Gasteiger partial charge in [0.1, 0.15) is 6.54 Å². The van der Waals surface area contributed by atoms with Crippen molar-refractivity contribution >= 4 is 17.8 Å². The predicted octanol–water partition coefficient (Wildman–Crippen LogP) is 1.87. The number of aliphatic imine (C=N–C) groups is 1. The van der Waals surface area contributed by atoms with E-state index in [2.05, 4.69) is 21.9 Å². The van der Waals surface area contributed by atoms with E-state index in [1.165, 1.54) is 18.2 Å². The van der Waals surface area contributed by atoms with E-state index in [9.17, 15) is 4.79 Å². The summed E-state index contributed by atoms with van der Waals surface area (Å²) in [6, 6.07) is 8.17. The molecule has 82 valence electrons. The van der Waals surface area contributed by atoms with Crippen molar-refractivity contribution in [2.24, 2.45) is 4.99 Å². The lowest BCUT2D eigenvalue weighted by molar-refractivity contribution is -0.138. The number of carbonyl (C=O) groups excluding carboxylic acids is 1. The van der Waals surface area contributed by atoms with Gasteiger partial charge in [-0.05, 0) is 17.2 Å². The van der Waals surface area contributed by atoms with Gasteiger partial charge >= 0.3 is 5.97 Å². The second kappa shape index (κ2) is 4.75. The number of ether oxygens (including phenoxy) is 1. The second-order valence-electron chi connectivity index (χ2n) is 3.59. The Labute approximate surface area is 94.5 Å². The van der Waals surface area contributed by atoms with Crippen molar-refractivity contribution in [2.75, 3.05) is 13.7 Å². The van der Waals surface area contributed by atoms with Crippen molar-refractivity contribution in [3.05, 3.63) is 41.5 Å². The zero-order chi connectivity index (χ0) is 11.4. The molecule has 1 aromatic rings. The van der Waals surface area contributed by atoms with Crippen LogP contribution in [0.3, 0.4) is 0 Å². The fourth-order valence-electron chi connectivity index (χ4n) is 1.64.